The molecule has 1 heterocycles. The van der Waals surface area contributed by atoms with Gasteiger partial charge in [0.15, 0.2) is 0 Å². The average Bonchev–Trinajstić information content (AvgIpc) is 2.62. The lowest BCUT2D eigenvalue weighted by atomic mass is 10.2. The van der Waals surface area contributed by atoms with E-state index in [0.29, 0.717) is 18.1 Å². The number of urea groups is 1. The molecule has 0 unspecified atom stereocenters. The molecule has 0 radical (unpaired) electrons. The van der Waals surface area contributed by atoms with Crippen molar-refractivity contribution in [2.45, 2.75) is 13.8 Å². The summed E-state index contributed by atoms with van der Waals surface area (Å²) in [6.07, 6.45) is 1.56. The Labute approximate surface area is 111 Å². The van der Waals surface area contributed by atoms with Crippen molar-refractivity contribution < 1.29 is 14.3 Å². The Hall–Kier alpha value is -2.31. The first-order valence-electron chi connectivity index (χ1n) is 5.87. The maximum absolute atomic E-state index is 11.8. The van der Waals surface area contributed by atoms with E-state index < -0.39 is 12.0 Å². The van der Waals surface area contributed by atoms with E-state index in [-0.39, 0.29) is 12.2 Å². The molecule has 1 rings (SSSR count). The van der Waals surface area contributed by atoms with E-state index in [1.165, 1.54) is 4.68 Å². The first-order valence-corrected chi connectivity index (χ1v) is 5.87. The third-order valence-corrected chi connectivity index (χ3v) is 2.34. The minimum absolute atomic E-state index is 0.259. The zero-order valence-electron chi connectivity index (χ0n) is 11.3. The molecule has 7 heteroatoms. The van der Waals surface area contributed by atoms with Crippen molar-refractivity contribution in [2.75, 3.05) is 18.5 Å². The van der Waals surface area contributed by atoms with Crippen LogP contribution in [0.3, 0.4) is 0 Å². The second-order valence-electron chi connectivity index (χ2n) is 3.78. The van der Waals surface area contributed by atoms with Gasteiger partial charge < -0.3 is 10.1 Å². The smallest absolute Gasteiger partial charge is 0.343 e. The minimum atomic E-state index is -0.507. The second kappa shape index (κ2) is 6.58. The van der Waals surface area contributed by atoms with Crippen molar-refractivity contribution in [3.8, 4) is 0 Å². The fourth-order valence-electron chi connectivity index (χ4n) is 1.57. The number of nitrogens with zero attached hydrogens (tertiary/aromatic N) is 2. The van der Waals surface area contributed by atoms with Crippen LogP contribution >= 0.6 is 0 Å². The van der Waals surface area contributed by atoms with Gasteiger partial charge in [0.2, 0.25) is 0 Å². The van der Waals surface area contributed by atoms with Gasteiger partial charge in [0.05, 0.1) is 12.3 Å². The summed E-state index contributed by atoms with van der Waals surface area (Å²) in [6.45, 7) is 7.48. The highest BCUT2D eigenvalue weighted by molar-refractivity contribution is 6.00. The van der Waals surface area contributed by atoms with Crippen LogP contribution in [0, 0.1) is 6.92 Å². The number of aryl methyl sites for hydroxylation is 2. The molecule has 2 amide bonds. The van der Waals surface area contributed by atoms with E-state index in [4.69, 9.17) is 4.74 Å². The van der Waals surface area contributed by atoms with Gasteiger partial charge in [0, 0.05) is 13.6 Å². The molecule has 0 spiro atoms. The molecule has 2 N–H and O–H groups in total. The molecule has 0 fully saturated rings. The average molecular weight is 266 g/mol. The Balaban J connectivity index is 2.96. The predicted octanol–water partition coefficient (Wildman–Crippen LogP) is 1.21. The lowest BCUT2D eigenvalue weighted by Gasteiger charge is -2.08. The lowest BCUT2D eigenvalue weighted by Crippen LogP contribution is -2.30. The van der Waals surface area contributed by atoms with Crippen LogP contribution in [0.2, 0.25) is 0 Å². The monoisotopic (exact) mass is 266 g/mol. The first kappa shape index (κ1) is 14.7. The summed E-state index contributed by atoms with van der Waals surface area (Å²) >= 11 is 0. The molecule has 19 heavy (non-hydrogen) atoms. The summed E-state index contributed by atoms with van der Waals surface area (Å²) < 4.78 is 6.37. The van der Waals surface area contributed by atoms with E-state index in [0.717, 1.165) is 0 Å². The zero-order valence-corrected chi connectivity index (χ0v) is 11.3. The summed E-state index contributed by atoms with van der Waals surface area (Å²) in [5, 5.41) is 9.23. The van der Waals surface area contributed by atoms with Crippen molar-refractivity contribution in [2.24, 2.45) is 7.05 Å². The van der Waals surface area contributed by atoms with E-state index in [1.807, 2.05) is 0 Å². The number of aromatic nitrogens is 2. The van der Waals surface area contributed by atoms with Gasteiger partial charge in [-0.1, -0.05) is 6.08 Å². The van der Waals surface area contributed by atoms with Crippen molar-refractivity contribution in [1.29, 1.82) is 0 Å². The predicted molar refractivity (Wildman–Crippen MR) is 71.1 cm³/mol. The lowest BCUT2D eigenvalue weighted by molar-refractivity contribution is 0.0526. The topological polar surface area (TPSA) is 85.2 Å². The number of ether oxygens (including phenoxy) is 1. The van der Waals surface area contributed by atoms with Crippen LogP contribution in [0.1, 0.15) is 23.0 Å². The summed E-state index contributed by atoms with van der Waals surface area (Å²) in [4.78, 5) is 23.4. The summed E-state index contributed by atoms with van der Waals surface area (Å²) in [5.74, 6) is -0.204. The fraction of sp³-hybridized carbons (Fsp3) is 0.417. The number of hydrogen-bond donors (Lipinski definition) is 2. The van der Waals surface area contributed by atoms with Crippen molar-refractivity contribution in [3.05, 3.63) is 23.9 Å². The molecule has 0 atom stereocenters. The molecule has 0 aliphatic rings. The van der Waals surface area contributed by atoms with Crippen molar-refractivity contribution in [3.63, 3.8) is 0 Å². The van der Waals surface area contributed by atoms with Gasteiger partial charge in [0.25, 0.3) is 0 Å². The number of anilines is 1. The highest BCUT2D eigenvalue weighted by atomic mass is 16.5. The van der Waals surface area contributed by atoms with Crippen LogP contribution in [-0.2, 0) is 11.8 Å². The third-order valence-electron chi connectivity index (χ3n) is 2.34. The maximum Gasteiger partial charge on any atom is 0.343 e. The minimum Gasteiger partial charge on any atom is -0.462 e. The molecule has 0 bridgehead atoms. The normalized spacial score (nSPS) is 9.84. The first-order chi connectivity index (χ1) is 9.01. The molecule has 0 aromatic carbocycles. The zero-order chi connectivity index (χ0) is 14.4. The molecular formula is C12H18N4O3. The van der Waals surface area contributed by atoms with E-state index in [9.17, 15) is 9.59 Å². The Bertz CT molecular complexity index is 493. The molecular weight excluding hydrogens is 248 g/mol. The molecule has 104 valence electrons. The standard InChI is InChI=1S/C12H18N4O3/c1-5-7-13-12(18)14-10-9(11(17)19-6-2)8(3)15-16(10)4/h5H,1,6-7H2,2-4H3,(H2,13,14,18). The van der Waals surface area contributed by atoms with Gasteiger partial charge in [-0.15, -0.1) is 6.58 Å². The molecule has 0 aliphatic carbocycles. The number of esters is 1. The number of carbonyl (C=O) groups is 2. The van der Waals surface area contributed by atoms with E-state index in [2.05, 4.69) is 22.3 Å². The Morgan fingerprint density at radius 3 is 2.79 bits per heavy atom. The molecule has 0 aliphatic heterocycles. The van der Waals surface area contributed by atoms with Crippen LogP contribution in [0.5, 0.6) is 0 Å². The van der Waals surface area contributed by atoms with Gasteiger partial charge in [-0.05, 0) is 13.8 Å². The van der Waals surface area contributed by atoms with Gasteiger partial charge >= 0.3 is 12.0 Å². The highest BCUT2D eigenvalue weighted by Gasteiger charge is 2.22. The largest absolute Gasteiger partial charge is 0.462 e. The molecule has 0 saturated carbocycles. The van der Waals surface area contributed by atoms with Gasteiger partial charge in [-0.25, -0.2) is 9.59 Å². The van der Waals surface area contributed by atoms with Crippen molar-refractivity contribution >= 4 is 17.8 Å². The Morgan fingerprint density at radius 2 is 2.21 bits per heavy atom. The van der Waals surface area contributed by atoms with Crippen LogP contribution in [0.15, 0.2) is 12.7 Å². The molecule has 1 aromatic heterocycles. The van der Waals surface area contributed by atoms with Gasteiger partial charge in [-0.2, -0.15) is 5.10 Å². The number of nitrogens with one attached hydrogen (secondary N) is 2. The van der Waals surface area contributed by atoms with Gasteiger partial charge in [0.1, 0.15) is 11.4 Å². The SMILES string of the molecule is C=CCNC(=O)Nc1c(C(=O)OCC)c(C)nn1C. The number of carbonyl (C=O) groups excluding carboxylic acids is 2. The summed E-state index contributed by atoms with van der Waals surface area (Å²) in [6, 6.07) is -0.437. The quantitative estimate of drug-likeness (QED) is 0.619. The number of hydrogen-bond acceptors (Lipinski definition) is 4. The van der Waals surface area contributed by atoms with Crippen molar-refractivity contribution in [1.82, 2.24) is 15.1 Å². The summed E-state index contributed by atoms with van der Waals surface area (Å²) in [5.41, 5.74) is 0.762. The van der Waals surface area contributed by atoms with Gasteiger partial charge in [-0.3, -0.25) is 10.00 Å². The van der Waals surface area contributed by atoms with E-state index >= 15 is 0 Å². The maximum atomic E-state index is 11.8. The number of rotatable bonds is 5. The highest BCUT2D eigenvalue weighted by Crippen LogP contribution is 2.19. The Morgan fingerprint density at radius 1 is 1.53 bits per heavy atom. The van der Waals surface area contributed by atoms with Crippen LogP contribution in [0.25, 0.3) is 0 Å². The van der Waals surface area contributed by atoms with Crippen LogP contribution in [-0.4, -0.2) is 34.9 Å². The third kappa shape index (κ3) is 3.57. The second-order valence-corrected chi connectivity index (χ2v) is 3.78. The summed E-state index contributed by atoms with van der Waals surface area (Å²) in [7, 11) is 1.64. The molecule has 1 aromatic rings. The molecule has 0 saturated heterocycles. The Kier molecular flexibility index (Phi) is 5.11. The van der Waals surface area contributed by atoms with E-state index in [1.54, 1.807) is 27.0 Å². The molecule has 7 nitrogen and oxygen atoms in total. The number of amides is 2. The van der Waals surface area contributed by atoms with Crippen LogP contribution < -0.4 is 10.6 Å². The van der Waals surface area contributed by atoms with Crippen LogP contribution in [0.4, 0.5) is 10.6 Å². The fourth-order valence-corrected chi connectivity index (χ4v) is 1.57.